The number of methoxy groups -OCH3 is 1. The lowest BCUT2D eigenvalue weighted by Crippen LogP contribution is -2.24. The predicted molar refractivity (Wildman–Crippen MR) is 110 cm³/mol. The molecule has 1 heterocycles. The molecule has 146 valence electrons. The molecule has 3 aromatic rings. The highest BCUT2D eigenvalue weighted by molar-refractivity contribution is 8.00. The fourth-order valence-corrected chi connectivity index (χ4v) is 3.76. The number of rotatable bonds is 6. The van der Waals surface area contributed by atoms with Gasteiger partial charge in [-0.1, -0.05) is 29.5 Å². The molecular weight excluding hydrogens is 374 g/mol. The molecule has 8 heteroatoms. The van der Waals surface area contributed by atoms with Crippen LogP contribution in [0, 0.1) is 20.8 Å². The highest BCUT2D eigenvalue weighted by atomic mass is 32.2. The second kappa shape index (κ2) is 8.43. The van der Waals surface area contributed by atoms with E-state index in [1.54, 1.807) is 11.8 Å². The third-order valence-corrected chi connectivity index (χ3v) is 5.37. The summed E-state index contributed by atoms with van der Waals surface area (Å²) >= 11 is 1.31. The molecule has 7 nitrogen and oxygen atoms in total. The number of carbonyl (C=O) groups is 1. The number of aromatic nitrogens is 4. The van der Waals surface area contributed by atoms with E-state index >= 15 is 0 Å². The number of hydrogen-bond donors (Lipinski definition) is 1. The summed E-state index contributed by atoms with van der Waals surface area (Å²) in [5, 5.41) is 15.1. The van der Waals surface area contributed by atoms with Gasteiger partial charge in [0, 0.05) is 5.69 Å². The van der Waals surface area contributed by atoms with Crippen LogP contribution in [0.15, 0.2) is 41.6 Å². The van der Waals surface area contributed by atoms with E-state index in [2.05, 4.69) is 33.0 Å². The van der Waals surface area contributed by atoms with Crippen molar-refractivity contribution < 1.29 is 9.53 Å². The number of benzene rings is 2. The van der Waals surface area contributed by atoms with Crippen molar-refractivity contribution in [1.29, 1.82) is 0 Å². The van der Waals surface area contributed by atoms with E-state index in [0.29, 0.717) is 5.16 Å². The summed E-state index contributed by atoms with van der Waals surface area (Å²) in [6.45, 7) is 7.88. The fourth-order valence-electron chi connectivity index (χ4n) is 2.95. The zero-order valence-corrected chi connectivity index (χ0v) is 17.4. The van der Waals surface area contributed by atoms with Gasteiger partial charge in [-0.15, -0.1) is 5.10 Å². The van der Waals surface area contributed by atoms with Crippen LogP contribution in [0.1, 0.15) is 23.6 Å². The van der Waals surface area contributed by atoms with E-state index < -0.39 is 0 Å². The van der Waals surface area contributed by atoms with Crippen molar-refractivity contribution in [3.8, 4) is 11.4 Å². The minimum atomic E-state index is -0.372. The van der Waals surface area contributed by atoms with Crippen molar-refractivity contribution in [3.63, 3.8) is 0 Å². The Hall–Kier alpha value is -2.87. The van der Waals surface area contributed by atoms with Crippen LogP contribution in [0.2, 0.25) is 0 Å². The molecule has 0 fully saturated rings. The summed E-state index contributed by atoms with van der Waals surface area (Å²) in [5.41, 5.74) is 4.93. The maximum Gasteiger partial charge on any atom is 0.237 e. The normalized spacial score (nSPS) is 11.9. The van der Waals surface area contributed by atoms with E-state index in [1.165, 1.54) is 17.3 Å². The second-order valence-corrected chi connectivity index (χ2v) is 7.90. The number of amides is 1. The number of hydrogen-bond acceptors (Lipinski definition) is 6. The Kier molecular flexibility index (Phi) is 5.99. The van der Waals surface area contributed by atoms with Crippen molar-refractivity contribution in [2.24, 2.45) is 0 Å². The van der Waals surface area contributed by atoms with Gasteiger partial charge in [0.25, 0.3) is 0 Å². The first-order valence-electron chi connectivity index (χ1n) is 8.87. The highest BCUT2D eigenvalue weighted by Crippen LogP contribution is 2.27. The Labute approximate surface area is 168 Å². The van der Waals surface area contributed by atoms with Gasteiger partial charge < -0.3 is 10.1 Å². The Morgan fingerprint density at radius 2 is 1.79 bits per heavy atom. The molecule has 0 saturated carbocycles. The van der Waals surface area contributed by atoms with Crippen molar-refractivity contribution >= 4 is 23.4 Å². The maximum absolute atomic E-state index is 12.7. The van der Waals surface area contributed by atoms with Crippen LogP contribution in [0.25, 0.3) is 5.69 Å². The van der Waals surface area contributed by atoms with Crippen molar-refractivity contribution in [1.82, 2.24) is 20.2 Å². The molecule has 2 aromatic carbocycles. The first-order valence-corrected chi connectivity index (χ1v) is 9.75. The third kappa shape index (κ3) is 4.33. The van der Waals surface area contributed by atoms with Crippen LogP contribution in [0.3, 0.4) is 0 Å². The molecule has 0 radical (unpaired) electrons. The monoisotopic (exact) mass is 397 g/mol. The van der Waals surface area contributed by atoms with E-state index in [4.69, 9.17) is 4.74 Å². The van der Waals surface area contributed by atoms with Crippen molar-refractivity contribution in [2.75, 3.05) is 12.4 Å². The largest absolute Gasteiger partial charge is 0.497 e. The van der Waals surface area contributed by atoms with Crippen LogP contribution in [-0.4, -0.2) is 38.5 Å². The third-order valence-electron chi connectivity index (χ3n) is 4.33. The SMILES string of the molecule is COc1ccc(-n2nnnc2SC(C)C(=O)Nc2c(C)cc(C)cc2C)cc1. The summed E-state index contributed by atoms with van der Waals surface area (Å²) in [6.07, 6.45) is 0. The summed E-state index contributed by atoms with van der Waals surface area (Å²) < 4.78 is 6.78. The molecule has 0 aliphatic rings. The number of ether oxygens (including phenoxy) is 1. The molecule has 0 spiro atoms. The number of nitrogens with zero attached hydrogens (tertiary/aromatic N) is 4. The average molecular weight is 398 g/mol. The van der Waals surface area contributed by atoms with Crippen LogP contribution >= 0.6 is 11.8 Å². The smallest absolute Gasteiger partial charge is 0.237 e. The van der Waals surface area contributed by atoms with Gasteiger partial charge in [0.1, 0.15) is 5.75 Å². The van der Waals surface area contributed by atoms with Gasteiger partial charge in [-0.3, -0.25) is 4.79 Å². The van der Waals surface area contributed by atoms with Gasteiger partial charge in [-0.2, -0.15) is 4.68 Å². The minimum Gasteiger partial charge on any atom is -0.497 e. The number of tetrazole rings is 1. The molecule has 28 heavy (non-hydrogen) atoms. The van der Waals surface area contributed by atoms with Gasteiger partial charge in [0.2, 0.25) is 11.1 Å². The van der Waals surface area contributed by atoms with Crippen LogP contribution in [0.5, 0.6) is 5.75 Å². The van der Waals surface area contributed by atoms with Gasteiger partial charge in [0.15, 0.2) is 0 Å². The van der Waals surface area contributed by atoms with Crippen LogP contribution < -0.4 is 10.1 Å². The van der Waals surface area contributed by atoms with E-state index in [9.17, 15) is 4.79 Å². The number of carbonyl (C=O) groups excluding carboxylic acids is 1. The van der Waals surface area contributed by atoms with Crippen LogP contribution in [0.4, 0.5) is 5.69 Å². The number of anilines is 1. The minimum absolute atomic E-state index is 0.0932. The zero-order valence-electron chi connectivity index (χ0n) is 16.6. The highest BCUT2D eigenvalue weighted by Gasteiger charge is 2.20. The molecule has 1 N–H and O–H groups in total. The average Bonchev–Trinajstić information content (AvgIpc) is 3.12. The molecule has 0 aliphatic carbocycles. The topological polar surface area (TPSA) is 81.9 Å². The van der Waals surface area contributed by atoms with E-state index in [1.807, 2.05) is 52.0 Å². The van der Waals surface area contributed by atoms with Crippen LogP contribution in [-0.2, 0) is 4.79 Å². The first-order chi connectivity index (χ1) is 13.4. The van der Waals surface area contributed by atoms with Gasteiger partial charge in [-0.25, -0.2) is 0 Å². The summed E-state index contributed by atoms with van der Waals surface area (Å²) in [5.74, 6) is 0.659. The molecule has 0 aliphatic heterocycles. The molecule has 3 rings (SSSR count). The first kappa shape index (κ1) is 19.9. The number of aryl methyl sites for hydroxylation is 3. The number of thioether (sulfide) groups is 1. The molecule has 1 aromatic heterocycles. The Balaban J connectivity index is 1.74. The fraction of sp³-hybridized carbons (Fsp3) is 0.300. The van der Waals surface area contributed by atoms with Crippen molar-refractivity contribution in [3.05, 3.63) is 53.1 Å². The lowest BCUT2D eigenvalue weighted by Gasteiger charge is -2.16. The number of nitrogens with one attached hydrogen (secondary N) is 1. The van der Waals surface area contributed by atoms with E-state index in [-0.39, 0.29) is 11.2 Å². The quantitative estimate of drug-likeness (QED) is 0.639. The standard InChI is InChI=1S/C20H23N5O2S/c1-12-10-13(2)18(14(3)11-12)21-19(26)15(4)28-20-22-23-24-25(20)16-6-8-17(27-5)9-7-16/h6-11,15H,1-5H3,(H,21,26). The molecule has 0 saturated heterocycles. The zero-order chi connectivity index (χ0) is 20.3. The summed E-state index contributed by atoms with van der Waals surface area (Å²) in [7, 11) is 1.62. The molecule has 1 amide bonds. The Morgan fingerprint density at radius 3 is 2.39 bits per heavy atom. The maximum atomic E-state index is 12.7. The summed E-state index contributed by atoms with van der Waals surface area (Å²) in [4.78, 5) is 12.7. The lowest BCUT2D eigenvalue weighted by molar-refractivity contribution is -0.115. The second-order valence-electron chi connectivity index (χ2n) is 6.59. The van der Waals surface area contributed by atoms with Gasteiger partial charge in [0.05, 0.1) is 18.0 Å². The van der Waals surface area contributed by atoms with Crippen molar-refractivity contribution in [2.45, 2.75) is 38.1 Å². The Morgan fingerprint density at radius 1 is 1.14 bits per heavy atom. The summed E-state index contributed by atoms with van der Waals surface area (Å²) in [6, 6.07) is 11.5. The molecule has 0 bridgehead atoms. The predicted octanol–water partition coefficient (Wildman–Crippen LogP) is 3.72. The Bertz CT molecular complexity index is 962. The van der Waals surface area contributed by atoms with Gasteiger partial charge in [-0.05, 0) is 73.5 Å². The molecular formula is C20H23N5O2S. The van der Waals surface area contributed by atoms with E-state index in [0.717, 1.165) is 28.3 Å². The molecule has 1 unspecified atom stereocenters. The molecule has 1 atom stereocenters. The van der Waals surface area contributed by atoms with Gasteiger partial charge >= 0.3 is 0 Å². The lowest BCUT2D eigenvalue weighted by atomic mass is 10.1.